The lowest BCUT2D eigenvalue weighted by atomic mass is 10.2. The number of halogens is 1. The fourth-order valence-corrected chi connectivity index (χ4v) is 2.14. The van der Waals surface area contributed by atoms with Gasteiger partial charge in [-0.1, -0.05) is 28.1 Å². The van der Waals surface area contributed by atoms with Crippen molar-refractivity contribution in [3.63, 3.8) is 0 Å². The lowest BCUT2D eigenvalue weighted by Gasteiger charge is -2.09. The molecule has 0 spiro atoms. The van der Waals surface area contributed by atoms with Gasteiger partial charge in [0.25, 0.3) is 0 Å². The van der Waals surface area contributed by atoms with Crippen LogP contribution in [0.2, 0.25) is 0 Å². The van der Waals surface area contributed by atoms with Crippen LogP contribution in [-0.2, 0) is 6.54 Å². The number of benzene rings is 1. The molecule has 0 aliphatic rings. The number of anilines is 2. The first kappa shape index (κ1) is 12.9. The second kappa shape index (κ2) is 6.40. The number of hydrogen-bond donors (Lipinski definition) is 2. The Morgan fingerprint density at radius 1 is 1.11 bits per heavy atom. The smallest absolute Gasteiger partial charge is 0.0550 e. The van der Waals surface area contributed by atoms with Gasteiger partial charge in [-0.25, -0.2) is 0 Å². The van der Waals surface area contributed by atoms with Crippen LogP contribution in [0.4, 0.5) is 11.4 Å². The van der Waals surface area contributed by atoms with Crippen molar-refractivity contribution in [1.29, 1.82) is 0 Å². The number of aromatic nitrogens is 1. The zero-order valence-corrected chi connectivity index (χ0v) is 11.9. The SMILES string of the molecule is CCNc1cncc(NCc2cccc(Br)c2)c1. The van der Waals surface area contributed by atoms with E-state index >= 15 is 0 Å². The minimum Gasteiger partial charge on any atom is -0.384 e. The van der Waals surface area contributed by atoms with E-state index in [0.29, 0.717) is 0 Å². The Bertz CT molecular complexity index is 514. The molecular formula is C14H16BrN3. The van der Waals surface area contributed by atoms with Gasteiger partial charge in [-0.15, -0.1) is 0 Å². The molecule has 18 heavy (non-hydrogen) atoms. The largest absolute Gasteiger partial charge is 0.384 e. The normalized spacial score (nSPS) is 10.1. The summed E-state index contributed by atoms with van der Waals surface area (Å²) in [5.74, 6) is 0. The van der Waals surface area contributed by atoms with Gasteiger partial charge in [0.1, 0.15) is 0 Å². The third kappa shape index (κ3) is 3.74. The highest BCUT2D eigenvalue weighted by molar-refractivity contribution is 9.10. The molecule has 2 N–H and O–H groups in total. The molecular weight excluding hydrogens is 290 g/mol. The molecule has 0 saturated heterocycles. The van der Waals surface area contributed by atoms with E-state index in [1.807, 2.05) is 24.5 Å². The molecule has 0 radical (unpaired) electrons. The number of pyridine rings is 1. The molecule has 4 heteroatoms. The van der Waals surface area contributed by atoms with E-state index in [9.17, 15) is 0 Å². The summed E-state index contributed by atoms with van der Waals surface area (Å²) in [4.78, 5) is 4.20. The number of hydrogen-bond acceptors (Lipinski definition) is 3. The summed E-state index contributed by atoms with van der Waals surface area (Å²) in [6.07, 6.45) is 3.66. The van der Waals surface area contributed by atoms with Gasteiger partial charge in [-0.2, -0.15) is 0 Å². The standard InChI is InChI=1S/C14H16BrN3/c1-2-17-13-7-14(10-16-9-13)18-8-11-4-3-5-12(15)6-11/h3-7,9-10,17-18H,2,8H2,1H3. The Balaban J connectivity index is 1.99. The molecule has 2 aromatic rings. The summed E-state index contributed by atoms with van der Waals surface area (Å²) >= 11 is 3.47. The van der Waals surface area contributed by atoms with Crippen LogP contribution < -0.4 is 10.6 Å². The lowest BCUT2D eigenvalue weighted by molar-refractivity contribution is 1.13. The summed E-state index contributed by atoms with van der Waals surface area (Å²) in [6, 6.07) is 10.3. The first-order chi connectivity index (χ1) is 8.78. The molecule has 1 heterocycles. The average molecular weight is 306 g/mol. The van der Waals surface area contributed by atoms with E-state index in [1.54, 1.807) is 0 Å². The van der Waals surface area contributed by atoms with Crippen molar-refractivity contribution >= 4 is 27.3 Å². The van der Waals surface area contributed by atoms with Crippen molar-refractivity contribution in [1.82, 2.24) is 4.98 Å². The topological polar surface area (TPSA) is 37.0 Å². The summed E-state index contributed by atoms with van der Waals surface area (Å²) in [5.41, 5.74) is 3.29. The Morgan fingerprint density at radius 3 is 2.61 bits per heavy atom. The molecule has 1 aromatic carbocycles. The number of nitrogens with zero attached hydrogens (tertiary/aromatic N) is 1. The van der Waals surface area contributed by atoms with Crippen LogP contribution in [0.15, 0.2) is 47.2 Å². The van der Waals surface area contributed by atoms with Crippen molar-refractivity contribution < 1.29 is 0 Å². The fourth-order valence-electron chi connectivity index (χ4n) is 1.69. The first-order valence-corrected chi connectivity index (χ1v) is 6.74. The highest BCUT2D eigenvalue weighted by Crippen LogP contribution is 2.16. The van der Waals surface area contributed by atoms with Gasteiger partial charge in [0.05, 0.1) is 23.8 Å². The van der Waals surface area contributed by atoms with Gasteiger partial charge in [0.15, 0.2) is 0 Å². The fraction of sp³-hybridized carbons (Fsp3) is 0.214. The van der Waals surface area contributed by atoms with Gasteiger partial charge in [-0.05, 0) is 30.7 Å². The molecule has 0 fully saturated rings. The highest BCUT2D eigenvalue weighted by Gasteiger charge is 1.97. The van der Waals surface area contributed by atoms with E-state index in [0.717, 1.165) is 28.9 Å². The van der Waals surface area contributed by atoms with E-state index in [4.69, 9.17) is 0 Å². The van der Waals surface area contributed by atoms with Gasteiger partial charge in [0, 0.05) is 17.6 Å². The van der Waals surface area contributed by atoms with Crippen LogP contribution in [0, 0.1) is 0 Å². The molecule has 0 bridgehead atoms. The lowest BCUT2D eigenvalue weighted by Crippen LogP contribution is -2.02. The van der Waals surface area contributed by atoms with E-state index < -0.39 is 0 Å². The van der Waals surface area contributed by atoms with Crippen LogP contribution in [0.5, 0.6) is 0 Å². The van der Waals surface area contributed by atoms with Crippen LogP contribution >= 0.6 is 15.9 Å². The molecule has 0 saturated carbocycles. The zero-order chi connectivity index (χ0) is 12.8. The van der Waals surface area contributed by atoms with Crippen LogP contribution in [0.3, 0.4) is 0 Å². The van der Waals surface area contributed by atoms with Crippen molar-refractivity contribution in [3.8, 4) is 0 Å². The summed E-state index contributed by atoms with van der Waals surface area (Å²) in [6.45, 7) is 3.76. The second-order valence-corrected chi connectivity index (χ2v) is 4.89. The van der Waals surface area contributed by atoms with Crippen molar-refractivity contribution in [2.75, 3.05) is 17.2 Å². The maximum absolute atomic E-state index is 4.20. The maximum atomic E-state index is 4.20. The minimum atomic E-state index is 0.788. The molecule has 0 amide bonds. The third-order valence-corrected chi connectivity index (χ3v) is 3.00. The molecule has 94 valence electrons. The quantitative estimate of drug-likeness (QED) is 0.880. The predicted octanol–water partition coefficient (Wildman–Crippen LogP) is 3.89. The minimum absolute atomic E-state index is 0.788. The molecule has 0 aliphatic heterocycles. The van der Waals surface area contributed by atoms with E-state index in [1.165, 1.54) is 5.56 Å². The Hall–Kier alpha value is -1.55. The van der Waals surface area contributed by atoms with Crippen LogP contribution in [0.25, 0.3) is 0 Å². The maximum Gasteiger partial charge on any atom is 0.0550 e. The Kier molecular flexibility index (Phi) is 4.59. The Labute approximate surface area is 116 Å². The summed E-state index contributed by atoms with van der Waals surface area (Å²) < 4.78 is 1.10. The molecule has 0 atom stereocenters. The second-order valence-electron chi connectivity index (χ2n) is 3.98. The predicted molar refractivity (Wildman–Crippen MR) is 79.9 cm³/mol. The summed E-state index contributed by atoms with van der Waals surface area (Å²) in [5, 5.41) is 6.61. The van der Waals surface area contributed by atoms with Gasteiger partial charge in [0.2, 0.25) is 0 Å². The van der Waals surface area contributed by atoms with Gasteiger partial charge < -0.3 is 10.6 Å². The van der Waals surface area contributed by atoms with Gasteiger partial charge >= 0.3 is 0 Å². The number of rotatable bonds is 5. The van der Waals surface area contributed by atoms with E-state index in [2.05, 4.69) is 56.7 Å². The van der Waals surface area contributed by atoms with Crippen LogP contribution in [-0.4, -0.2) is 11.5 Å². The van der Waals surface area contributed by atoms with Gasteiger partial charge in [-0.3, -0.25) is 4.98 Å². The van der Waals surface area contributed by atoms with Crippen molar-refractivity contribution in [2.24, 2.45) is 0 Å². The molecule has 1 aromatic heterocycles. The average Bonchev–Trinajstić information content (AvgIpc) is 2.37. The number of nitrogens with one attached hydrogen (secondary N) is 2. The van der Waals surface area contributed by atoms with Crippen LogP contribution in [0.1, 0.15) is 12.5 Å². The molecule has 3 nitrogen and oxygen atoms in total. The zero-order valence-electron chi connectivity index (χ0n) is 10.3. The molecule has 0 aliphatic carbocycles. The van der Waals surface area contributed by atoms with E-state index in [-0.39, 0.29) is 0 Å². The highest BCUT2D eigenvalue weighted by atomic mass is 79.9. The summed E-state index contributed by atoms with van der Waals surface area (Å²) in [7, 11) is 0. The first-order valence-electron chi connectivity index (χ1n) is 5.95. The van der Waals surface area contributed by atoms with Crippen molar-refractivity contribution in [3.05, 3.63) is 52.8 Å². The molecule has 2 rings (SSSR count). The molecule has 0 unspecified atom stereocenters. The monoisotopic (exact) mass is 305 g/mol. The Morgan fingerprint density at radius 2 is 1.89 bits per heavy atom. The third-order valence-electron chi connectivity index (χ3n) is 2.50. The van der Waals surface area contributed by atoms with Crippen molar-refractivity contribution in [2.45, 2.75) is 13.5 Å².